The van der Waals surface area contributed by atoms with Gasteiger partial charge in [-0.3, -0.25) is 9.59 Å². The fourth-order valence-electron chi connectivity index (χ4n) is 1.03. The first-order valence-electron chi connectivity index (χ1n) is 4.50. The number of rotatable bonds is 3. The van der Waals surface area contributed by atoms with Crippen molar-refractivity contribution in [2.75, 3.05) is 0 Å². The lowest BCUT2D eigenvalue weighted by atomic mass is 10.2. The Kier molecular flexibility index (Phi) is 4.20. The molecule has 0 bridgehead atoms. The number of benzene rings is 1. The third-order valence-corrected chi connectivity index (χ3v) is 2.58. The number of nitrogens with two attached hydrogens (primary N) is 1. The largest absolute Gasteiger partial charge is 0.368 e. The lowest BCUT2D eigenvalue weighted by molar-refractivity contribution is -0.119. The van der Waals surface area contributed by atoms with E-state index in [1.54, 1.807) is 12.1 Å². The highest BCUT2D eigenvalue weighted by atomic mass is 35.5. The van der Waals surface area contributed by atoms with Crippen LogP contribution in [-0.2, 0) is 4.79 Å². The molecule has 1 aromatic rings. The van der Waals surface area contributed by atoms with Gasteiger partial charge in [-0.05, 0) is 25.1 Å². The number of amides is 2. The van der Waals surface area contributed by atoms with Gasteiger partial charge in [0.05, 0.1) is 10.6 Å². The first kappa shape index (κ1) is 12.9. The highest BCUT2D eigenvalue weighted by Crippen LogP contribution is 2.19. The molecular formula is C10H11ClN2O2S. The summed E-state index contributed by atoms with van der Waals surface area (Å²) in [7, 11) is 0. The monoisotopic (exact) mass is 258 g/mol. The molecule has 2 amide bonds. The second kappa shape index (κ2) is 5.23. The molecule has 6 heteroatoms. The molecule has 0 aromatic heterocycles. The fourth-order valence-corrected chi connectivity index (χ4v) is 1.44. The predicted molar refractivity (Wildman–Crippen MR) is 64.8 cm³/mol. The molecule has 0 aliphatic carbocycles. The van der Waals surface area contributed by atoms with Crippen LogP contribution in [0.25, 0.3) is 0 Å². The van der Waals surface area contributed by atoms with Crippen LogP contribution in [0.4, 0.5) is 0 Å². The molecule has 1 rings (SSSR count). The molecular weight excluding hydrogens is 248 g/mol. The van der Waals surface area contributed by atoms with E-state index in [1.165, 1.54) is 13.0 Å². The number of hydrogen-bond acceptors (Lipinski definition) is 3. The van der Waals surface area contributed by atoms with Crippen LogP contribution in [-0.4, -0.2) is 17.9 Å². The molecule has 0 heterocycles. The number of nitrogens with one attached hydrogen (secondary N) is 1. The van der Waals surface area contributed by atoms with Crippen molar-refractivity contribution in [1.29, 1.82) is 0 Å². The summed E-state index contributed by atoms with van der Waals surface area (Å²) in [6, 6.07) is 4.01. The van der Waals surface area contributed by atoms with E-state index >= 15 is 0 Å². The summed E-state index contributed by atoms with van der Waals surface area (Å²) in [4.78, 5) is 23.1. The second-order valence-electron chi connectivity index (χ2n) is 3.26. The minimum Gasteiger partial charge on any atom is -0.368 e. The number of carbonyl (C=O) groups excluding carboxylic acids is 2. The number of hydrogen-bond donors (Lipinski definition) is 3. The smallest absolute Gasteiger partial charge is 0.253 e. The Morgan fingerprint density at radius 2 is 2.12 bits per heavy atom. The summed E-state index contributed by atoms with van der Waals surface area (Å²) >= 11 is 9.94. The minimum absolute atomic E-state index is 0.266. The van der Waals surface area contributed by atoms with E-state index in [-0.39, 0.29) is 5.56 Å². The van der Waals surface area contributed by atoms with Crippen LogP contribution in [0.2, 0.25) is 5.02 Å². The summed E-state index contributed by atoms with van der Waals surface area (Å²) in [5.74, 6) is -1.06. The van der Waals surface area contributed by atoms with Gasteiger partial charge in [0.25, 0.3) is 5.91 Å². The van der Waals surface area contributed by atoms with Crippen molar-refractivity contribution in [3.63, 3.8) is 0 Å². The van der Waals surface area contributed by atoms with E-state index in [9.17, 15) is 9.59 Å². The summed E-state index contributed by atoms with van der Waals surface area (Å²) < 4.78 is 0. The van der Waals surface area contributed by atoms with E-state index in [2.05, 4.69) is 17.9 Å². The lowest BCUT2D eigenvalue weighted by Crippen LogP contribution is -2.42. The fraction of sp³-hybridized carbons (Fsp3) is 0.200. The Morgan fingerprint density at radius 1 is 1.50 bits per heavy atom. The van der Waals surface area contributed by atoms with Gasteiger partial charge in [-0.1, -0.05) is 11.6 Å². The zero-order valence-corrected chi connectivity index (χ0v) is 10.2. The van der Waals surface area contributed by atoms with Crippen LogP contribution >= 0.6 is 24.2 Å². The van der Waals surface area contributed by atoms with Crippen LogP contribution in [0.5, 0.6) is 0 Å². The van der Waals surface area contributed by atoms with E-state index < -0.39 is 17.9 Å². The molecule has 0 fully saturated rings. The van der Waals surface area contributed by atoms with Gasteiger partial charge in [-0.2, -0.15) is 0 Å². The van der Waals surface area contributed by atoms with Gasteiger partial charge in [0.1, 0.15) is 6.04 Å². The molecule has 0 aliphatic heterocycles. The normalized spacial score (nSPS) is 11.9. The molecule has 86 valence electrons. The Morgan fingerprint density at radius 3 is 2.69 bits per heavy atom. The van der Waals surface area contributed by atoms with Crippen LogP contribution in [0, 0.1) is 0 Å². The van der Waals surface area contributed by atoms with Crippen molar-refractivity contribution in [3.05, 3.63) is 28.8 Å². The van der Waals surface area contributed by atoms with E-state index in [4.69, 9.17) is 17.3 Å². The SMILES string of the molecule is CC(NC(=O)c1cc(S)ccc1Cl)C(N)=O. The van der Waals surface area contributed by atoms with Crippen molar-refractivity contribution in [3.8, 4) is 0 Å². The topological polar surface area (TPSA) is 72.2 Å². The van der Waals surface area contributed by atoms with Gasteiger partial charge < -0.3 is 11.1 Å². The minimum atomic E-state index is -0.743. The molecule has 1 aromatic carbocycles. The molecule has 16 heavy (non-hydrogen) atoms. The first-order valence-corrected chi connectivity index (χ1v) is 5.33. The maximum atomic E-state index is 11.7. The Bertz CT molecular complexity index is 437. The zero-order valence-electron chi connectivity index (χ0n) is 8.53. The van der Waals surface area contributed by atoms with E-state index in [0.29, 0.717) is 9.92 Å². The van der Waals surface area contributed by atoms with Gasteiger partial charge in [-0.25, -0.2) is 0 Å². The quantitative estimate of drug-likeness (QED) is 0.714. The van der Waals surface area contributed by atoms with E-state index in [0.717, 1.165) is 0 Å². The number of thiol groups is 1. The maximum Gasteiger partial charge on any atom is 0.253 e. The summed E-state index contributed by atoms with van der Waals surface area (Å²) in [6.45, 7) is 1.50. The second-order valence-corrected chi connectivity index (χ2v) is 4.19. The third-order valence-electron chi connectivity index (χ3n) is 1.97. The standard InChI is InChI=1S/C10H11ClN2O2S/c1-5(9(12)14)13-10(15)7-4-6(16)2-3-8(7)11/h2-5,16H,1H3,(H2,12,14)(H,13,15). The first-order chi connectivity index (χ1) is 7.41. The molecule has 3 N–H and O–H groups in total. The number of primary amides is 1. The molecule has 0 radical (unpaired) electrons. The van der Waals surface area contributed by atoms with Crippen LogP contribution in [0.3, 0.4) is 0 Å². The van der Waals surface area contributed by atoms with Gasteiger partial charge in [0.2, 0.25) is 5.91 Å². The number of halogens is 1. The summed E-state index contributed by atoms with van der Waals surface area (Å²) in [6.07, 6.45) is 0. The van der Waals surface area contributed by atoms with Gasteiger partial charge in [0, 0.05) is 4.90 Å². The summed E-state index contributed by atoms with van der Waals surface area (Å²) in [5, 5.41) is 2.73. The third kappa shape index (κ3) is 3.15. The van der Waals surface area contributed by atoms with Gasteiger partial charge in [-0.15, -0.1) is 12.6 Å². The van der Waals surface area contributed by atoms with Crippen molar-refractivity contribution < 1.29 is 9.59 Å². The van der Waals surface area contributed by atoms with E-state index in [1.807, 2.05) is 0 Å². The van der Waals surface area contributed by atoms with Crippen molar-refractivity contribution in [2.24, 2.45) is 5.73 Å². The highest BCUT2D eigenvalue weighted by Gasteiger charge is 2.16. The Balaban J connectivity index is 2.88. The average Bonchev–Trinajstić information content (AvgIpc) is 2.21. The highest BCUT2D eigenvalue weighted by molar-refractivity contribution is 7.80. The summed E-state index contributed by atoms with van der Waals surface area (Å²) in [5.41, 5.74) is 5.29. The molecule has 1 atom stereocenters. The Hall–Kier alpha value is -1.20. The lowest BCUT2D eigenvalue weighted by Gasteiger charge is -2.11. The van der Waals surface area contributed by atoms with Gasteiger partial charge in [0.15, 0.2) is 0 Å². The molecule has 0 saturated carbocycles. The van der Waals surface area contributed by atoms with Crippen molar-refractivity contribution >= 4 is 36.0 Å². The molecule has 4 nitrogen and oxygen atoms in total. The molecule has 1 unspecified atom stereocenters. The van der Waals surface area contributed by atoms with Crippen LogP contribution < -0.4 is 11.1 Å². The van der Waals surface area contributed by atoms with Crippen LogP contribution in [0.1, 0.15) is 17.3 Å². The average molecular weight is 259 g/mol. The van der Waals surface area contributed by atoms with Crippen molar-refractivity contribution in [1.82, 2.24) is 5.32 Å². The Labute approximate surface area is 104 Å². The molecule has 0 saturated heterocycles. The molecule has 0 spiro atoms. The number of carbonyl (C=O) groups is 2. The van der Waals surface area contributed by atoms with Crippen LogP contribution in [0.15, 0.2) is 23.1 Å². The van der Waals surface area contributed by atoms with Crippen molar-refractivity contribution in [2.45, 2.75) is 17.9 Å². The van der Waals surface area contributed by atoms with Gasteiger partial charge >= 0.3 is 0 Å². The maximum absolute atomic E-state index is 11.7. The molecule has 0 aliphatic rings. The predicted octanol–water partition coefficient (Wildman–Crippen LogP) is 1.23. The zero-order chi connectivity index (χ0) is 12.3.